The van der Waals surface area contributed by atoms with Crippen LogP contribution in [0.25, 0.3) is 0 Å². The van der Waals surface area contributed by atoms with Crippen LogP contribution in [0.15, 0.2) is 33.6 Å². The SMILES string of the molecule is CN(Cc1csc(Br)c1)C(=O)c1cccn1CC(F)(F)F. The second kappa shape index (κ2) is 6.23. The maximum absolute atomic E-state index is 12.5. The van der Waals surface area contributed by atoms with Gasteiger partial charge < -0.3 is 9.47 Å². The smallest absolute Gasteiger partial charge is 0.336 e. The highest BCUT2D eigenvalue weighted by Gasteiger charge is 2.30. The molecule has 0 N–H and O–H groups in total. The molecule has 0 radical (unpaired) electrons. The monoisotopic (exact) mass is 380 g/mol. The van der Waals surface area contributed by atoms with E-state index in [1.165, 1.54) is 34.6 Å². The van der Waals surface area contributed by atoms with Crippen molar-refractivity contribution >= 4 is 33.2 Å². The van der Waals surface area contributed by atoms with Crippen LogP contribution in [-0.4, -0.2) is 28.6 Å². The molecule has 21 heavy (non-hydrogen) atoms. The highest BCUT2D eigenvalue weighted by molar-refractivity contribution is 9.11. The topological polar surface area (TPSA) is 25.2 Å². The summed E-state index contributed by atoms with van der Waals surface area (Å²) in [5.74, 6) is -0.438. The van der Waals surface area contributed by atoms with Crippen LogP contribution < -0.4 is 0 Å². The molecule has 3 nitrogen and oxygen atoms in total. The summed E-state index contributed by atoms with van der Waals surface area (Å²) in [7, 11) is 1.57. The van der Waals surface area contributed by atoms with Gasteiger partial charge in [0, 0.05) is 19.8 Å². The quantitative estimate of drug-likeness (QED) is 0.782. The second-order valence-electron chi connectivity index (χ2n) is 4.56. The lowest BCUT2D eigenvalue weighted by atomic mass is 10.3. The minimum atomic E-state index is -4.36. The molecule has 0 atom stereocenters. The highest BCUT2D eigenvalue weighted by atomic mass is 79.9. The van der Waals surface area contributed by atoms with Crippen molar-refractivity contribution in [1.29, 1.82) is 0 Å². The normalized spacial score (nSPS) is 11.7. The predicted octanol–water partition coefficient (Wildman–Crippen LogP) is 4.15. The third-order valence-corrected chi connectivity index (χ3v) is 4.34. The molecule has 0 bridgehead atoms. The molecule has 0 aliphatic carbocycles. The summed E-state index contributed by atoms with van der Waals surface area (Å²) in [5.41, 5.74) is 0.959. The van der Waals surface area contributed by atoms with Gasteiger partial charge in [0.25, 0.3) is 5.91 Å². The number of rotatable bonds is 4. The minimum Gasteiger partial charge on any atom is -0.336 e. The van der Waals surface area contributed by atoms with Crippen LogP contribution in [-0.2, 0) is 13.1 Å². The first-order valence-electron chi connectivity index (χ1n) is 5.96. The standard InChI is InChI=1S/C13H12BrF3N2OS/c1-18(6-9-5-11(14)21-7-9)12(20)10-3-2-4-19(10)8-13(15,16)17/h2-5,7H,6,8H2,1H3. The molecular formula is C13H12BrF3N2OS. The van der Waals surface area contributed by atoms with Crippen molar-refractivity contribution in [3.8, 4) is 0 Å². The number of hydrogen-bond acceptors (Lipinski definition) is 2. The third kappa shape index (κ3) is 4.34. The number of thiophene rings is 1. The first-order chi connectivity index (χ1) is 9.76. The molecular weight excluding hydrogens is 369 g/mol. The van der Waals surface area contributed by atoms with Gasteiger partial charge in [-0.2, -0.15) is 13.2 Å². The van der Waals surface area contributed by atoms with Crippen molar-refractivity contribution in [3.63, 3.8) is 0 Å². The van der Waals surface area contributed by atoms with E-state index < -0.39 is 18.6 Å². The molecule has 0 aliphatic rings. The zero-order valence-corrected chi connectivity index (χ0v) is 13.4. The van der Waals surface area contributed by atoms with Crippen LogP contribution in [0, 0.1) is 0 Å². The van der Waals surface area contributed by atoms with Gasteiger partial charge in [-0.25, -0.2) is 0 Å². The van der Waals surface area contributed by atoms with Gasteiger partial charge in [0.15, 0.2) is 0 Å². The summed E-state index contributed by atoms with van der Waals surface area (Å²) >= 11 is 4.82. The Morgan fingerprint density at radius 2 is 2.19 bits per heavy atom. The number of alkyl halides is 3. The summed E-state index contributed by atoms with van der Waals surface area (Å²) in [6.45, 7) is -0.822. The zero-order chi connectivity index (χ0) is 15.6. The van der Waals surface area contributed by atoms with Crippen molar-refractivity contribution in [2.75, 3.05) is 7.05 Å². The van der Waals surface area contributed by atoms with Crippen molar-refractivity contribution in [3.05, 3.63) is 44.8 Å². The Balaban J connectivity index is 2.11. The van der Waals surface area contributed by atoms with E-state index in [0.29, 0.717) is 6.54 Å². The molecule has 1 amide bonds. The molecule has 0 fully saturated rings. The van der Waals surface area contributed by atoms with E-state index in [-0.39, 0.29) is 5.69 Å². The van der Waals surface area contributed by atoms with E-state index in [2.05, 4.69) is 15.9 Å². The molecule has 2 aromatic heterocycles. The molecule has 0 spiro atoms. The molecule has 0 unspecified atom stereocenters. The number of carbonyl (C=O) groups excluding carboxylic acids is 1. The summed E-state index contributed by atoms with van der Waals surface area (Å²) < 4.78 is 39.3. The number of amides is 1. The Bertz CT molecular complexity index is 635. The molecule has 0 aromatic carbocycles. The number of nitrogens with zero attached hydrogens (tertiary/aromatic N) is 2. The fraction of sp³-hybridized carbons (Fsp3) is 0.308. The summed E-state index contributed by atoms with van der Waals surface area (Å²) in [5, 5.41) is 1.89. The average Bonchev–Trinajstić information content (AvgIpc) is 2.95. The van der Waals surface area contributed by atoms with Crippen LogP contribution in [0.4, 0.5) is 13.2 Å². The Morgan fingerprint density at radius 3 is 2.76 bits per heavy atom. The molecule has 0 saturated carbocycles. The van der Waals surface area contributed by atoms with Gasteiger partial charge in [-0.05, 0) is 45.1 Å². The van der Waals surface area contributed by atoms with Gasteiger partial charge in [-0.15, -0.1) is 11.3 Å². The summed E-state index contributed by atoms with van der Waals surface area (Å²) in [6, 6.07) is 4.71. The number of hydrogen-bond donors (Lipinski definition) is 0. The van der Waals surface area contributed by atoms with Crippen molar-refractivity contribution in [1.82, 2.24) is 9.47 Å². The molecule has 8 heteroatoms. The fourth-order valence-electron chi connectivity index (χ4n) is 1.91. The fourth-order valence-corrected chi connectivity index (χ4v) is 3.11. The third-order valence-electron chi connectivity index (χ3n) is 2.79. The van der Waals surface area contributed by atoms with Crippen molar-refractivity contribution < 1.29 is 18.0 Å². The maximum atomic E-state index is 12.5. The average molecular weight is 381 g/mol. The van der Waals surface area contributed by atoms with E-state index in [1.807, 2.05) is 11.4 Å². The first kappa shape index (κ1) is 16.1. The molecule has 0 aliphatic heterocycles. The van der Waals surface area contributed by atoms with Crippen LogP contribution in [0.5, 0.6) is 0 Å². The number of aromatic nitrogens is 1. The second-order valence-corrected chi connectivity index (χ2v) is 6.85. The number of carbonyl (C=O) groups is 1. The summed E-state index contributed by atoms with van der Waals surface area (Å²) in [6.07, 6.45) is -3.10. The van der Waals surface area contributed by atoms with E-state index in [1.54, 1.807) is 7.05 Å². The van der Waals surface area contributed by atoms with Crippen LogP contribution in [0.1, 0.15) is 16.1 Å². The minimum absolute atomic E-state index is 0.0316. The number of halogens is 4. The van der Waals surface area contributed by atoms with E-state index in [0.717, 1.165) is 13.9 Å². The van der Waals surface area contributed by atoms with Gasteiger partial charge in [-0.3, -0.25) is 4.79 Å². The van der Waals surface area contributed by atoms with Crippen LogP contribution in [0.2, 0.25) is 0 Å². The zero-order valence-electron chi connectivity index (χ0n) is 11.0. The Morgan fingerprint density at radius 1 is 1.48 bits per heavy atom. The van der Waals surface area contributed by atoms with Gasteiger partial charge in [0.1, 0.15) is 12.2 Å². The van der Waals surface area contributed by atoms with E-state index in [9.17, 15) is 18.0 Å². The highest BCUT2D eigenvalue weighted by Crippen LogP contribution is 2.23. The Kier molecular flexibility index (Phi) is 4.77. The lowest BCUT2D eigenvalue weighted by molar-refractivity contribution is -0.140. The lowest BCUT2D eigenvalue weighted by Gasteiger charge is -2.18. The largest absolute Gasteiger partial charge is 0.406 e. The molecule has 2 rings (SSSR count). The van der Waals surface area contributed by atoms with Crippen molar-refractivity contribution in [2.45, 2.75) is 19.3 Å². The van der Waals surface area contributed by atoms with Gasteiger partial charge >= 0.3 is 6.18 Å². The van der Waals surface area contributed by atoms with Crippen molar-refractivity contribution in [2.24, 2.45) is 0 Å². The van der Waals surface area contributed by atoms with Gasteiger partial charge in [0.2, 0.25) is 0 Å². The maximum Gasteiger partial charge on any atom is 0.406 e. The molecule has 2 aromatic rings. The van der Waals surface area contributed by atoms with Crippen LogP contribution >= 0.6 is 27.3 Å². The molecule has 2 heterocycles. The van der Waals surface area contributed by atoms with Crippen LogP contribution in [0.3, 0.4) is 0 Å². The predicted molar refractivity (Wildman–Crippen MR) is 78.3 cm³/mol. The molecule has 114 valence electrons. The first-order valence-corrected chi connectivity index (χ1v) is 7.64. The summed E-state index contributed by atoms with van der Waals surface area (Å²) in [4.78, 5) is 13.7. The van der Waals surface area contributed by atoms with Gasteiger partial charge in [0.05, 0.1) is 3.79 Å². The Labute approximate surface area is 132 Å². The van der Waals surface area contributed by atoms with E-state index in [4.69, 9.17) is 0 Å². The molecule has 0 saturated heterocycles. The van der Waals surface area contributed by atoms with Gasteiger partial charge in [-0.1, -0.05) is 0 Å². The lowest BCUT2D eigenvalue weighted by Crippen LogP contribution is -2.29. The Hall–Kier alpha value is -1.28. The van der Waals surface area contributed by atoms with E-state index >= 15 is 0 Å².